The summed E-state index contributed by atoms with van der Waals surface area (Å²) in [7, 11) is -3.59. The van der Waals surface area contributed by atoms with Crippen molar-refractivity contribution in [3.05, 3.63) is 29.3 Å². The molecular weight excluding hydrogens is 274 g/mol. The van der Waals surface area contributed by atoms with Crippen LogP contribution >= 0.6 is 11.6 Å². The fourth-order valence-corrected chi connectivity index (χ4v) is 4.12. The Kier molecular flexibility index (Phi) is 4.04. The summed E-state index contributed by atoms with van der Waals surface area (Å²) < 4.78 is 26.1. The normalized spacial score (nSPS) is 21.7. The second kappa shape index (κ2) is 5.38. The molecule has 0 amide bonds. The minimum Gasteiger partial charge on any atom is -0.303 e. The van der Waals surface area contributed by atoms with Crippen molar-refractivity contribution in [2.75, 3.05) is 13.1 Å². The minimum atomic E-state index is -3.59. The molecule has 1 aromatic rings. The fraction of sp³-hybridized carbons (Fsp3) is 0.417. The molecule has 0 aliphatic carbocycles. The van der Waals surface area contributed by atoms with Crippen molar-refractivity contribution < 1.29 is 13.2 Å². The lowest BCUT2D eigenvalue weighted by Crippen LogP contribution is -2.40. The number of rotatable bonds is 3. The molecule has 0 radical (unpaired) electrons. The predicted molar refractivity (Wildman–Crippen MR) is 69.0 cm³/mol. The maximum Gasteiger partial charge on any atom is 0.244 e. The van der Waals surface area contributed by atoms with Crippen LogP contribution in [0, 0.1) is 5.92 Å². The lowest BCUT2D eigenvalue weighted by atomic mass is 10.0. The van der Waals surface area contributed by atoms with E-state index in [4.69, 9.17) is 11.6 Å². The molecule has 2 rings (SSSR count). The third-order valence-electron chi connectivity index (χ3n) is 3.07. The van der Waals surface area contributed by atoms with Gasteiger partial charge in [0, 0.05) is 19.0 Å². The number of carbonyl (C=O) groups is 1. The van der Waals surface area contributed by atoms with E-state index in [0.717, 1.165) is 12.7 Å². The molecule has 1 unspecified atom stereocenters. The zero-order valence-electron chi connectivity index (χ0n) is 9.75. The second-order valence-electron chi connectivity index (χ2n) is 4.33. The number of benzene rings is 1. The Morgan fingerprint density at radius 3 is 2.72 bits per heavy atom. The van der Waals surface area contributed by atoms with E-state index in [-0.39, 0.29) is 22.4 Å². The maximum atomic E-state index is 12.4. The van der Waals surface area contributed by atoms with Gasteiger partial charge in [-0.3, -0.25) is 0 Å². The third-order valence-corrected chi connectivity index (χ3v) is 5.43. The molecule has 0 bridgehead atoms. The van der Waals surface area contributed by atoms with E-state index in [1.165, 1.54) is 10.4 Å². The van der Waals surface area contributed by atoms with Crippen LogP contribution in [0.1, 0.15) is 12.8 Å². The molecule has 18 heavy (non-hydrogen) atoms. The first-order valence-electron chi connectivity index (χ1n) is 5.75. The molecule has 0 saturated carbocycles. The van der Waals surface area contributed by atoms with Crippen LogP contribution in [-0.2, 0) is 14.8 Å². The molecule has 1 aliphatic rings. The van der Waals surface area contributed by atoms with Crippen molar-refractivity contribution in [3.63, 3.8) is 0 Å². The number of nitrogens with zero attached hydrogens (tertiary/aromatic N) is 1. The molecule has 0 spiro atoms. The average molecular weight is 288 g/mol. The van der Waals surface area contributed by atoms with E-state index in [1.807, 2.05) is 0 Å². The van der Waals surface area contributed by atoms with Gasteiger partial charge in [-0.05, 0) is 25.0 Å². The summed E-state index contributed by atoms with van der Waals surface area (Å²) in [6, 6.07) is 6.36. The first kappa shape index (κ1) is 13.5. The Morgan fingerprint density at radius 2 is 2.06 bits per heavy atom. The van der Waals surface area contributed by atoms with E-state index in [2.05, 4.69) is 0 Å². The van der Waals surface area contributed by atoms with E-state index in [9.17, 15) is 13.2 Å². The number of sulfonamides is 1. The van der Waals surface area contributed by atoms with Gasteiger partial charge in [0.15, 0.2) is 0 Å². The maximum absolute atomic E-state index is 12.4. The van der Waals surface area contributed by atoms with Crippen molar-refractivity contribution >= 4 is 27.9 Å². The van der Waals surface area contributed by atoms with Gasteiger partial charge in [0.05, 0.1) is 5.02 Å². The fourth-order valence-electron chi connectivity index (χ4n) is 2.10. The molecule has 4 nitrogen and oxygen atoms in total. The van der Waals surface area contributed by atoms with E-state index in [1.54, 1.807) is 18.2 Å². The van der Waals surface area contributed by atoms with Gasteiger partial charge in [-0.15, -0.1) is 0 Å². The standard InChI is InChI=1S/C12H14ClNO3S/c13-11-5-1-2-6-12(11)18(16,17)14-7-3-4-10(8-14)9-15/h1-2,5-6,9-10H,3-4,7-8H2. The molecule has 0 aromatic heterocycles. The second-order valence-corrected chi connectivity index (χ2v) is 6.65. The van der Waals surface area contributed by atoms with Gasteiger partial charge in [-0.25, -0.2) is 8.42 Å². The Hall–Kier alpha value is -0.910. The SMILES string of the molecule is O=CC1CCCN(S(=O)(=O)c2ccccc2Cl)C1. The molecule has 6 heteroatoms. The molecule has 1 heterocycles. The summed E-state index contributed by atoms with van der Waals surface area (Å²) in [5, 5.41) is 0.214. The van der Waals surface area contributed by atoms with Crippen molar-refractivity contribution in [3.8, 4) is 0 Å². The van der Waals surface area contributed by atoms with Crippen LogP contribution < -0.4 is 0 Å². The molecule has 1 aliphatic heterocycles. The van der Waals surface area contributed by atoms with Crippen LogP contribution in [0.4, 0.5) is 0 Å². The largest absolute Gasteiger partial charge is 0.303 e. The van der Waals surface area contributed by atoms with Gasteiger partial charge >= 0.3 is 0 Å². The number of carbonyl (C=O) groups excluding carboxylic acids is 1. The topological polar surface area (TPSA) is 54.5 Å². The van der Waals surface area contributed by atoms with Gasteiger partial charge in [0.1, 0.15) is 11.2 Å². The summed E-state index contributed by atoms with van der Waals surface area (Å²) in [6.07, 6.45) is 2.28. The van der Waals surface area contributed by atoms with E-state index < -0.39 is 10.0 Å². The van der Waals surface area contributed by atoms with E-state index in [0.29, 0.717) is 13.0 Å². The molecule has 1 fully saturated rings. The molecule has 98 valence electrons. The number of halogens is 1. The van der Waals surface area contributed by atoms with Gasteiger partial charge in [0.25, 0.3) is 0 Å². The molecule has 1 atom stereocenters. The number of hydrogen-bond donors (Lipinski definition) is 0. The van der Waals surface area contributed by atoms with Crippen LogP contribution in [0.25, 0.3) is 0 Å². The van der Waals surface area contributed by atoms with Gasteiger partial charge in [-0.1, -0.05) is 23.7 Å². The van der Waals surface area contributed by atoms with Gasteiger partial charge < -0.3 is 4.79 Å². The average Bonchev–Trinajstić information content (AvgIpc) is 2.39. The van der Waals surface area contributed by atoms with Gasteiger partial charge in [-0.2, -0.15) is 4.31 Å². The number of piperidine rings is 1. The molecule has 1 aromatic carbocycles. The van der Waals surface area contributed by atoms with Crippen LogP contribution in [0.3, 0.4) is 0 Å². The Labute approximate surface area is 112 Å². The highest BCUT2D eigenvalue weighted by atomic mass is 35.5. The molecular formula is C12H14ClNO3S. The Balaban J connectivity index is 2.31. The third kappa shape index (κ3) is 2.58. The summed E-state index contributed by atoms with van der Waals surface area (Å²) in [5.74, 6) is -0.212. The van der Waals surface area contributed by atoms with E-state index >= 15 is 0 Å². The molecule has 0 N–H and O–H groups in total. The quantitative estimate of drug-likeness (QED) is 0.798. The summed E-state index contributed by atoms with van der Waals surface area (Å²) in [4.78, 5) is 10.9. The van der Waals surface area contributed by atoms with Crippen molar-refractivity contribution in [2.24, 2.45) is 5.92 Å². The lowest BCUT2D eigenvalue weighted by molar-refractivity contribution is -0.112. The number of aldehydes is 1. The zero-order chi connectivity index (χ0) is 13.2. The smallest absolute Gasteiger partial charge is 0.244 e. The highest BCUT2D eigenvalue weighted by Crippen LogP contribution is 2.27. The van der Waals surface area contributed by atoms with Crippen LogP contribution in [-0.4, -0.2) is 32.1 Å². The summed E-state index contributed by atoms with van der Waals surface area (Å²) in [6.45, 7) is 0.689. The highest BCUT2D eigenvalue weighted by Gasteiger charge is 2.31. The van der Waals surface area contributed by atoms with Crippen molar-refractivity contribution in [1.29, 1.82) is 0 Å². The van der Waals surface area contributed by atoms with Crippen LogP contribution in [0.2, 0.25) is 5.02 Å². The molecule has 1 saturated heterocycles. The monoisotopic (exact) mass is 287 g/mol. The first-order chi connectivity index (χ1) is 8.55. The lowest BCUT2D eigenvalue weighted by Gasteiger charge is -2.29. The Bertz CT molecular complexity index is 544. The predicted octanol–water partition coefficient (Wildman–Crippen LogP) is 1.94. The summed E-state index contributed by atoms with van der Waals surface area (Å²) in [5.41, 5.74) is 0. The minimum absolute atomic E-state index is 0.109. The number of hydrogen-bond acceptors (Lipinski definition) is 3. The van der Waals surface area contributed by atoms with Gasteiger partial charge in [0.2, 0.25) is 10.0 Å². The highest BCUT2D eigenvalue weighted by molar-refractivity contribution is 7.89. The zero-order valence-corrected chi connectivity index (χ0v) is 11.3. The summed E-state index contributed by atoms with van der Waals surface area (Å²) >= 11 is 5.92. The first-order valence-corrected chi connectivity index (χ1v) is 7.57. The van der Waals surface area contributed by atoms with Crippen LogP contribution in [0.15, 0.2) is 29.2 Å². The van der Waals surface area contributed by atoms with Crippen molar-refractivity contribution in [2.45, 2.75) is 17.7 Å². The van der Waals surface area contributed by atoms with Crippen molar-refractivity contribution in [1.82, 2.24) is 4.31 Å². The Morgan fingerprint density at radius 1 is 1.33 bits per heavy atom. The van der Waals surface area contributed by atoms with Crippen LogP contribution in [0.5, 0.6) is 0 Å².